The molecule has 1 aliphatic rings. The highest BCUT2D eigenvalue weighted by atomic mass is 15.3. The van der Waals surface area contributed by atoms with Crippen LogP contribution in [-0.2, 0) is 13.0 Å². The molecule has 0 unspecified atom stereocenters. The van der Waals surface area contributed by atoms with E-state index in [1.807, 2.05) is 0 Å². The zero-order chi connectivity index (χ0) is 13.5. The summed E-state index contributed by atoms with van der Waals surface area (Å²) in [4.78, 5) is 0. The fraction of sp³-hybridized carbons (Fsp3) is 0.235. The Morgan fingerprint density at radius 1 is 1.15 bits per heavy atom. The van der Waals surface area contributed by atoms with Gasteiger partial charge in [0.15, 0.2) is 0 Å². The van der Waals surface area contributed by atoms with E-state index in [0.29, 0.717) is 0 Å². The number of nitrogens with one attached hydrogen (secondary N) is 1. The molecule has 3 nitrogen and oxygen atoms in total. The predicted molar refractivity (Wildman–Crippen MR) is 83.0 cm³/mol. The summed E-state index contributed by atoms with van der Waals surface area (Å²) in [6.07, 6.45) is 1.06. The Hall–Kier alpha value is -2.29. The Morgan fingerprint density at radius 2 is 2.00 bits per heavy atom. The van der Waals surface area contributed by atoms with Gasteiger partial charge in [0.05, 0.1) is 5.69 Å². The lowest BCUT2D eigenvalue weighted by Gasteiger charge is -2.05. The average Bonchev–Trinajstić information content (AvgIpc) is 3.08. The van der Waals surface area contributed by atoms with E-state index in [-0.39, 0.29) is 0 Å². The van der Waals surface area contributed by atoms with Gasteiger partial charge in [0.2, 0.25) is 0 Å². The molecule has 2 heterocycles. The van der Waals surface area contributed by atoms with Crippen molar-refractivity contribution in [1.29, 1.82) is 0 Å². The summed E-state index contributed by atoms with van der Waals surface area (Å²) in [5.41, 5.74) is 3.75. The third kappa shape index (κ3) is 1.56. The molecule has 0 fully saturated rings. The van der Waals surface area contributed by atoms with Crippen molar-refractivity contribution in [3.05, 3.63) is 48.0 Å². The molecule has 0 amide bonds. The monoisotopic (exact) mass is 263 g/mol. The number of anilines is 1. The standard InChI is InChI=1S/C17H17N3/c1-2-20-17-15(10-11-18-17)16(19-20)14-9-5-7-12-6-3-4-8-13(12)14/h3-9,18H,2,10-11H2,1H3. The van der Waals surface area contributed by atoms with E-state index in [1.165, 1.54) is 27.7 Å². The first-order valence-electron chi connectivity index (χ1n) is 7.20. The topological polar surface area (TPSA) is 29.9 Å². The average molecular weight is 263 g/mol. The number of fused-ring (bicyclic) bond motifs is 2. The minimum absolute atomic E-state index is 0.903. The molecule has 0 bridgehead atoms. The highest BCUT2D eigenvalue weighted by molar-refractivity contribution is 5.97. The van der Waals surface area contributed by atoms with Gasteiger partial charge < -0.3 is 5.32 Å². The fourth-order valence-corrected chi connectivity index (χ4v) is 3.12. The van der Waals surface area contributed by atoms with Crippen LogP contribution in [0.1, 0.15) is 12.5 Å². The summed E-state index contributed by atoms with van der Waals surface area (Å²) < 4.78 is 2.08. The highest BCUT2D eigenvalue weighted by Crippen LogP contribution is 2.36. The van der Waals surface area contributed by atoms with Crippen LogP contribution >= 0.6 is 0 Å². The van der Waals surface area contributed by atoms with Crippen LogP contribution in [0.2, 0.25) is 0 Å². The van der Waals surface area contributed by atoms with E-state index in [0.717, 1.165) is 25.2 Å². The Morgan fingerprint density at radius 3 is 2.90 bits per heavy atom. The quantitative estimate of drug-likeness (QED) is 0.764. The summed E-state index contributed by atoms with van der Waals surface area (Å²) >= 11 is 0. The number of aryl methyl sites for hydroxylation is 1. The van der Waals surface area contributed by atoms with E-state index >= 15 is 0 Å². The summed E-state index contributed by atoms with van der Waals surface area (Å²) in [6, 6.07) is 15.0. The molecule has 1 aliphatic heterocycles. The molecule has 0 saturated heterocycles. The van der Waals surface area contributed by atoms with Crippen LogP contribution in [0.5, 0.6) is 0 Å². The van der Waals surface area contributed by atoms with Crippen LogP contribution in [0.15, 0.2) is 42.5 Å². The lowest BCUT2D eigenvalue weighted by Crippen LogP contribution is -2.04. The Bertz CT molecular complexity index is 781. The van der Waals surface area contributed by atoms with Crippen molar-refractivity contribution >= 4 is 16.6 Å². The van der Waals surface area contributed by atoms with Crippen molar-refractivity contribution in [2.45, 2.75) is 19.9 Å². The molecule has 3 heteroatoms. The van der Waals surface area contributed by atoms with Gasteiger partial charge in [-0.2, -0.15) is 5.10 Å². The number of rotatable bonds is 2. The van der Waals surface area contributed by atoms with Gasteiger partial charge in [0.25, 0.3) is 0 Å². The smallest absolute Gasteiger partial charge is 0.128 e. The SMILES string of the molecule is CCn1nc(-c2cccc3ccccc23)c2c1NCC2. The molecule has 0 saturated carbocycles. The van der Waals surface area contributed by atoms with E-state index in [2.05, 4.69) is 59.4 Å². The maximum Gasteiger partial charge on any atom is 0.128 e. The molecule has 3 aromatic rings. The number of aromatic nitrogens is 2. The van der Waals surface area contributed by atoms with Gasteiger partial charge in [0, 0.05) is 24.2 Å². The van der Waals surface area contributed by atoms with Crippen LogP contribution in [-0.4, -0.2) is 16.3 Å². The lowest BCUT2D eigenvalue weighted by atomic mass is 9.99. The first-order valence-corrected chi connectivity index (χ1v) is 7.20. The molecule has 0 atom stereocenters. The van der Waals surface area contributed by atoms with E-state index in [1.54, 1.807) is 0 Å². The molecule has 20 heavy (non-hydrogen) atoms. The predicted octanol–water partition coefficient (Wildman–Crippen LogP) is 3.69. The third-order valence-corrected chi connectivity index (χ3v) is 4.06. The summed E-state index contributed by atoms with van der Waals surface area (Å²) in [7, 11) is 0. The van der Waals surface area contributed by atoms with E-state index < -0.39 is 0 Å². The molecule has 1 N–H and O–H groups in total. The van der Waals surface area contributed by atoms with Gasteiger partial charge >= 0.3 is 0 Å². The van der Waals surface area contributed by atoms with Crippen LogP contribution in [0, 0.1) is 0 Å². The number of hydrogen-bond donors (Lipinski definition) is 1. The van der Waals surface area contributed by atoms with E-state index in [4.69, 9.17) is 5.10 Å². The largest absolute Gasteiger partial charge is 0.370 e. The second kappa shape index (κ2) is 4.37. The van der Waals surface area contributed by atoms with Crippen LogP contribution in [0.25, 0.3) is 22.0 Å². The molecular formula is C17H17N3. The second-order valence-electron chi connectivity index (χ2n) is 5.20. The minimum Gasteiger partial charge on any atom is -0.370 e. The normalized spacial score (nSPS) is 13.4. The summed E-state index contributed by atoms with van der Waals surface area (Å²) in [5, 5.41) is 10.8. The Balaban J connectivity index is 2.01. The molecule has 100 valence electrons. The molecule has 4 rings (SSSR count). The zero-order valence-corrected chi connectivity index (χ0v) is 11.6. The van der Waals surface area contributed by atoms with Crippen molar-refractivity contribution in [2.24, 2.45) is 0 Å². The fourth-order valence-electron chi connectivity index (χ4n) is 3.12. The summed E-state index contributed by atoms with van der Waals surface area (Å²) in [6.45, 7) is 4.06. The maximum atomic E-state index is 4.82. The first-order chi connectivity index (χ1) is 9.88. The molecule has 0 spiro atoms. The van der Waals surface area contributed by atoms with Crippen molar-refractivity contribution in [2.75, 3.05) is 11.9 Å². The zero-order valence-electron chi connectivity index (χ0n) is 11.6. The summed E-state index contributed by atoms with van der Waals surface area (Å²) in [5.74, 6) is 1.20. The molecule has 0 radical (unpaired) electrons. The first kappa shape index (κ1) is 11.5. The van der Waals surface area contributed by atoms with Crippen molar-refractivity contribution in [3.8, 4) is 11.3 Å². The van der Waals surface area contributed by atoms with Crippen molar-refractivity contribution < 1.29 is 0 Å². The van der Waals surface area contributed by atoms with Gasteiger partial charge in [-0.3, -0.25) is 0 Å². The Labute approximate surface area is 118 Å². The number of hydrogen-bond acceptors (Lipinski definition) is 2. The van der Waals surface area contributed by atoms with Gasteiger partial charge in [-0.1, -0.05) is 42.5 Å². The van der Waals surface area contributed by atoms with Gasteiger partial charge in [-0.15, -0.1) is 0 Å². The molecule has 2 aromatic carbocycles. The number of nitrogens with zero attached hydrogens (tertiary/aromatic N) is 2. The molecule has 1 aromatic heterocycles. The van der Waals surface area contributed by atoms with Crippen LogP contribution < -0.4 is 5.32 Å². The molecule has 0 aliphatic carbocycles. The van der Waals surface area contributed by atoms with Crippen LogP contribution in [0.3, 0.4) is 0 Å². The van der Waals surface area contributed by atoms with Gasteiger partial charge in [0.1, 0.15) is 5.82 Å². The Kier molecular flexibility index (Phi) is 2.52. The minimum atomic E-state index is 0.903. The van der Waals surface area contributed by atoms with Crippen molar-refractivity contribution in [1.82, 2.24) is 9.78 Å². The maximum absolute atomic E-state index is 4.82. The highest BCUT2D eigenvalue weighted by Gasteiger charge is 2.23. The van der Waals surface area contributed by atoms with E-state index in [9.17, 15) is 0 Å². The van der Waals surface area contributed by atoms with Gasteiger partial charge in [-0.05, 0) is 24.1 Å². The van der Waals surface area contributed by atoms with Gasteiger partial charge in [-0.25, -0.2) is 4.68 Å². The third-order valence-electron chi connectivity index (χ3n) is 4.06. The van der Waals surface area contributed by atoms with Crippen LogP contribution in [0.4, 0.5) is 5.82 Å². The molecular weight excluding hydrogens is 246 g/mol. The second-order valence-corrected chi connectivity index (χ2v) is 5.20. The number of benzene rings is 2. The van der Waals surface area contributed by atoms with Crippen molar-refractivity contribution in [3.63, 3.8) is 0 Å². The lowest BCUT2D eigenvalue weighted by molar-refractivity contribution is 0.669.